The van der Waals surface area contributed by atoms with Crippen molar-refractivity contribution in [3.63, 3.8) is 0 Å². The zero-order valence-corrected chi connectivity index (χ0v) is 29.4. The summed E-state index contributed by atoms with van der Waals surface area (Å²) in [5, 5.41) is 26.2. The Balaban J connectivity index is 1.60. The third-order valence-corrected chi connectivity index (χ3v) is 8.50. The first-order valence-corrected chi connectivity index (χ1v) is 16.3. The molecule has 0 spiro atoms. The Morgan fingerprint density at radius 2 is 1.82 bits per heavy atom. The number of halogens is 1. The van der Waals surface area contributed by atoms with E-state index in [1.165, 1.54) is 27.8 Å². The number of benzene rings is 3. The number of carbonyl (C=O) groups is 3. The minimum absolute atomic E-state index is 0.0132. The Hall–Kier alpha value is -5.02. The molecule has 0 saturated carbocycles. The lowest BCUT2D eigenvalue weighted by molar-refractivity contribution is -0.385. The molecule has 3 aromatic carbocycles. The minimum Gasteiger partial charge on any atom is -0.497 e. The first-order valence-electron chi connectivity index (χ1n) is 15.1. The van der Waals surface area contributed by atoms with E-state index < -0.39 is 33.4 Å². The third kappa shape index (κ3) is 9.54. The van der Waals surface area contributed by atoms with Crippen LogP contribution < -0.4 is 14.8 Å². The zero-order valence-electron chi connectivity index (χ0n) is 27.8. The number of ether oxygens (including phenoxy) is 2. The van der Waals surface area contributed by atoms with Gasteiger partial charge < -0.3 is 19.7 Å². The monoisotopic (exact) mass is 709 g/mol. The quantitative estimate of drug-likeness (QED) is 0.0711. The maximum absolute atomic E-state index is 13.6. The Morgan fingerprint density at radius 3 is 2.45 bits per heavy atom. The van der Waals surface area contributed by atoms with E-state index in [0.29, 0.717) is 18.0 Å². The summed E-state index contributed by atoms with van der Waals surface area (Å²) in [5.74, 6) is -0.613. The van der Waals surface area contributed by atoms with Gasteiger partial charge in [-0.15, -0.1) is 5.10 Å². The van der Waals surface area contributed by atoms with Gasteiger partial charge in [0.25, 0.3) is 16.8 Å². The molecule has 0 aliphatic heterocycles. The van der Waals surface area contributed by atoms with Gasteiger partial charge in [-0.2, -0.15) is 0 Å². The third-order valence-electron chi connectivity index (χ3n) is 7.27. The molecule has 1 atom stereocenters. The molecule has 258 valence electrons. The topological polar surface area (TPSA) is 172 Å². The van der Waals surface area contributed by atoms with Crippen molar-refractivity contribution in [2.24, 2.45) is 5.41 Å². The first-order chi connectivity index (χ1) is 23.2. The lowest BCUT2D eigenvalue weighted by Gasteiger charge is -2.27. The molecule has 1 unspecified atom stereocenters. The van der Waals surface area contributed by atoms with Crippen LogP contribution in [-0.4, -0.2) is 66.7 Å². The standard InChI is InChI=1S/C33H36ClN7O7S/c1-7-39(32(44)49-31-36-37-38-40(31)18-21-9-12-24(47-6)13-10-21)19-22-17-23(41(45)46)11-15-27(22)48-28(29(42)33(3,4)5)30(43)35-26-16-20(2)8-14-25(26)34/h8-17,28H,7,18-19H2,1-6H3,(H,35,43). The average molecular weight is 710 g/mol. The second kappa shape index (κ2) is 15.9. The highest BCUT2D eigenvalue weighted by molar-refractivity contribution is 8.13. The van der Waals surface area contributed by atoms with Gasteiger partial charge in [0.2, 0.25) is 11.3 Å². The minimum atomic E-state index is -1.65. The van der Waals surface area contributed by atoms with Gasteiger partial charge in [0.1, 0.15) is 11.5 Å². The molecule has 16 heteroatoms. The largest absolute Gasteiger partial charge is 0.497 e. The number of Topliss-reactive ketones (excluding diaryl/α,β-unsaturated/α-hetero) is 1. The predicted octanol–water partition coefficient (Wildman–Crippen LogP) is 6.34. The molecular formula is C33H36ClN7O7S. The molecule has 14 nitrogen and oxygen atoms in total. The molecule has 49 heavy (non-hydrogen) atoms. The summed E-state index contributed by atoms with van der Waals surface area (Å²) >= 11 is 7.09. The maximum atomic E-state index is 13.6. The van der Waals surface area contributed by atoms with E-state index in [9.17, 15) is 24.5 Å². The second-order valence-electron chi connectivity index (χ2n) is 12.0. The maximum Gasteiger partial charge on any atom is 0.289 e. The van der Waals surface area contributed by atoms with Gasteiger partial charge in [0, 0.05) is 41.4 Å². The molecule has 0 aliphatic carbocycles. The molecule has 4 rings (SSSR count). The van der Waals surface area contributed by atoms with Gasteiger partial charge in [-0.25, -0.2) is 4.68 Å². The lowest BCUT2D eigenvalue weighted by atomic mass is 9.87. The number of aromatic nitrogens is 4. The van der Waals surface area contributed by atoms with Gasteiger partial charge in [0.15, 0.2) is 5.78 Å². The number of amides is 2. The zero-order chi connectivity index (χ0) is 35.9. The van der Waals surface area contributed by atoms with Crippen LogP contribution >= 0.6 is 23.4 Å². The summed E-state index contributed by atoms with van der Waals surface area (Å²) in [6.45, 7) is 8.84. The van der Waals surface area contributed by atoms with E-state index >= 15 is 0 Å². The summed E-state index contributed by atoms with van der Waals surface area (Å²) in [5.41, 5.74) is 0.930. The number of carbonyl (C=O) groups excluding carboxylic acids is 3. The molecule has 1 heterocycles. The van der Waals surface area contributed by atoms with Gasteiger partial charge in [-0.3, -0.25) is 24.5 Å². The molecule has 1 aromatic heterocycles. The predicted molar refractivity (Wildman–Crippen MR) is 184 cm³/mol. The summed E-state index contributed by atoms with van der Waals surface area (Å²) < 4.78 is 12.8. The van der Waals surface area contributed by atoms with E-state index in [4.69, 9.17) is 21.1 Å². The molecule has 0 radical (unpaired) electrons. The fourth-order valence-electron chi connectivity index (χ4n) is 4.52. The molecule has 0 bridgehead atoms. The number of non-ortho nitro benzene ring substituents is 1. The van der Waals surface area contributed by atoms with Crippen molar-refractivity contribution >= 4 is 51.7 Å². The van der Waals surface area contributed by atoms with E-state index in [0.717, 1.165) is 22.9 Å². The van der Waals surface area contributed by atoms with Crippen molar-refractivity contribution < 1.29 is 28.8 Å². The van der Waals surface area contributed by atoms with Crippen LogP contribution in [0.25, 0.3) is 0 Å². The van der Waals surface area contributed by atoms with Crippen LogP contribution in [0.2, 0.25) is 5.02 Å². The van der Waals surface area contributed by atoms with Crippen molar-refractivity contribution in [3.8, 4) is 11.5 Å². The Labute approximate surface area is 292 Å². The number of nitrogens with one attached hydrogen (secondary N) is 1. The summed E-state index contributed by atoms with van der Waals surface area (Å²) in [4.78, 5) is 53.3. The van der Waals surface area contributed by atoms with Gasteiger partial charge in [-0.1, -0.05) is 50.6 Å². The molecule has 0 fully saturated rings. The van der Waals surface area contributed by atoms with E-state index in [-0.39, 0.29) is 40.3 Å². The summed E-state index contributed by atoms with van der Waals surface area (Å²) in [6.07, 6.45) is -1.65. The fraction of sp³-hybridized carbons (Fsp3) is 0.333. The Bertz CT molecular complexity index is 1840. The SMILES string of the molecule is CCN(Cc1cc([N+](=O)[O-])ccc1OC(C(=O)Nc1cc(C)ccc1Cl)C(=O)C(C)(C)C)C(=O)Sc1nnnn1Cc1ccc(OC)cc1. The van der Waals surface area contributed by atoms with Crippen LogP contribution in [0.1, 0.15) is 44.4 Å². The number of aryl methyl sites for hydroxylation is 1. The highest BCUT2D eigenvalue weighted by atomic mass is 35.5. The molecule has 2 amide bonds. The molecule has 1 N–H and O–H groups in total. The molecule has 0 saturated heterocycles. The summed E-state index contributed by atoms with van der Waals surface area (Å²) in [7, 11) is 1.57. The number of hydrogen-bond donors (Lipinski definition) is 1. The number of nitro groups is 1. The Kier molecular flexibility index (Phi) is 12.0. The van der Waals surface area contributed by atoms with Crippen LogP contribution in [0.5, 0.6) is 11.5 Å². The average Bonchev–Trinajstić information content (AvgIpc) is 3.49. The number of ketones is 1. The number of methoxy groups -OCH3 is 1. The number of anilines is 1. The van der Waals surface area contributed by atoms with E-state index in [1.807, 2.05) is 19.1 Å². The van der Waals surface area contributed by atoms with Crippen molar-refractivity contribution in [3.05, 3.63) is 92.5 Å². The smallest absolute Gasteiger partial charge is 0.289 e. The van der Waals surface area contributed by atoms with Gasteiger partial charge in [0.05, 0.1) is 35.8 Å². The number of nitro benzene ring substituents is 1. The number of nitrogens with zero attached hydrogens (tertiary/aromatic N) is 6. The molecule has 4 aromatic rings. The highest BCUT2D eigenvalue weighted by Gasteiger charge is 2.37. The summed E-state index contributed by atoms with van der Waals surface area (Å²) in [6, 6.07) is 16.1. The number of rotatable bonds is 13. The number of hydrogen-bond acceptors (Lipinski definition) is 11. The fourth-order valence-corrected chi connectivity index (χ4v) is 5.45. The van der Waals surface area contributed by atoms with Crippen LogP contribution in [-0.2, 0) is 22.7 Å². The second-order valence-corrected chi connectivity index (χ2v) is 13.3. The number of tetrazole rings is 1. The normalized spacial score (nSPS) is 11.8. The van der Waals surface area contributed by atoms with Crippen LogP contribution in [0.15, 0.2) is 65.8 Å². The Morgan fingerprint density at radius 1 is 1.10 bits per heavy atom. The van der Waals surface area contributed by atoms with Crippen molar-refractivity contribution in [2.75, 3.05) is 19.0 Å². The number of thioether (sulfide) groups is 1. The van der Waals surface area contributed by atoms with Crippen molar-refractivity contribution in [2.45, 2.75) is 59.0 Å². The van der Waals surface area contributed by atoms with Crippen molar-refractivity contribution in [1.82, 2.24) is 25.1 Å². The van der Waals surface area contributed by atoms with Crippen LogP contribution in [0.4, 0.5) is 16.2 Å². The van der Waals surface area contributed by atoms with E-state index in [2.05, 4.69) is 20.8 Å². The molecular weight excluding hydrogens is 674 g/mol. The van der Waals surface area contributed by atoms with Crippen molar-refractivity contribution in [1.29, 1.82) is 0 Å². The molecule has 0 aliphatic rings. The van der Waals surface area contributed by atoms with Crippen LogP contribution in [0.3, 0.4) is 0 Å². The van der Waals surface area contributed by atoms with Gasteiger partial charge in [-0.05, 0) is 65.7 Å². The van der Waals surface area contributed by atoms with Gasteiger partial charge >= 0.3 is 0 Å². The lowest BCUT2D eigenvalue weighted by Crippen LogP contribution is -2.45. The van der Waals surface area contributed by atoms with Crippen LogP contribution in [0, 0.1) is 22.5 Å². The van der Waals surface area contributed by atoms with E-state index in [1.54, 1.807) is 65.1 Å². The highest BCUT2D eigenvalue weighted by Crippen LogP contribution is 2.31. The first kappa shape index (κ1) is 36.8.